The number of aliphatic carboxylic acids is 2. The molecule has 0 aromatic rings. The molecule has 2 fully saturated rings. The first-order valence-electron chi connectivity index (χ1n) is 14.0. The lowest BCUT2D eigenvalue weighted by Gasteiger charge is -2.40. The molecule has 5 N–H and O–H groups in total. The lowest BCUT2D eigenvalue weighted by atomic mass is 9.85. The molecule has 8 atom stereocenters. The van der Waals surface area contributed by atoms with E-state index in [2.05, 4.69) is 6.92 Å². The monoisotopic (exact) mass is 534 g/mol. The minimum atomic E-state index is -1.79. The van der Waals surface area contributed by atoms with Crippen LogP contribution in [0.2, 0.25) is 0 Å². The molecule has 1 heterocycles. The first kappa shape index (κ1) is 35.4. The van der Waals surface area contributed by atoms with Crippen molar-refractivity contribution in [3.05, 3.63) is 0 Å². The van der Waals surface area contributed by atoms with E-state index in [4.69, 9.17) is 14.6 Å². The number of aliphatic hydroxyl groups excluding tert-OH is 3. The van der Waals surface area contributed by atoms with Gasteiger partial charge in [-0.1, -0.05) is 73.1 Å². The molecule has 0 spiro atoms. The maximum atomic E-state index is 12.8. The van der Waals surface area contributed by atoms with Crippen molar-refractivity contribution < 1.29 is 49.4 Å². The SMILES string of the molecule is CC.CC.CCCCCC1C(OC2O[C@H](C(=O)O)[C@@H](O)[C@H](O)[C@H]2O)CC(=O)C1CCCCCCC(=O)O. The van der Waals surface area contributed by atoms with E-state index < -0.39 is 48.7 Å². The van der Waals surface area contributed by atoms with Crippen molar-refractivity contribution in [1.29, 1.82) is 0 Å². The van der Waals surface area contributed by atoms with Gasteiger partial charge in [-0.05, 0) is 25.2 Å². The van der Waals surface area contributed by atoms with Gasteiger partial charge in [0.15, 0.2) is 12.4 Å². The van der Waals surface area contributed by atoms with Crippen molar-refractivity contribution in [2.45, 2.75) is 142 Å². The average molecular weight is 535 g/mol. The smallest absolute Gasteiger partial charge is 0.335 e. The van der Waals surface area contributed by atoms with Crippen LogP contribution >= 0.6 is 0 Å². The second-order valence-electron chi connectivity index (χ2n) is 9.19. The molecule has 4 unspecified atom stereocenters. The van der Waals surface area contributed by atoms with Crippen molar-refractivity contribution in [2.75, 3.05) is 0 Å². The molecule has 0 aromatic carbocycles. The van der Waals surface area contributed by atoms with Gasteiger partial charge >= 0.3 is 11.9 Å². The third kappa shape index (κ3) is 11.4. The number of rotatable bonds is 14. The van der Waals surface area contributed by atoms with E-state index in [0.717, 1.165) is 44.9 Å². The number of Topliss-reactive ketones (excluding diaryl/α,β-unsaturated/α-hetero) is 1. The van der Waals surface area contributed by atoms with Crippen LogP contribution in [0, 0.1) is 11.8 Å². The molecule has 2 rings (SSSR count). The fourth-order valence-electron chi connectivity index (χ4n) is 4.87. The molecule has 2 aliphatic rings. The highest BCUT2D eigenvalue weighted by atomic mass is 16.7. The molecule has 1 aliphatic carbocycles. The quantitative estimate of drug-likeness (QED) is 0.208. The number of aliphatic hydroxyl groups is 3. The highest BCUT2D eigenvalue weighted by Crippen LogP contribution is 2.40. The van der Waals surface area contributed by atoms with Crippen molar-refractivity contribution in [3.63, 3.8) is 0 Å². The van der Waals surface area contributed by atoms with E-state index in [1.54, 1.807) is 0 Å². The maximum absolute atomic E-state index is 12.8. The largest absolute Gasteiger partial charge is 0.481 e. The number of unbranched alkanes of at least 4 members (excludes halogenated alkanes) is 5. The normalized spacial score (nSPS) is 31.1. The second kappa shape index (κ2) is 19.5. The molecule has 1 saturated carbocycles. The number of ether oxygens (including phenoxy) is 2. The Kier molecular flexibility index (Phi) is 18.6. The highest BCUT2D eigenvalue weighted by molar-refractivity contribution is 5.84. The average Bonchev–Trinajstić information content (AvgIpc) is 3.17. The minimum absolute atomic E-state index is 0.0488. The van der Waals surface area contributed by atoms with E-state index in [9.17, 15) is 34.8 Å². The summed E-state index contributed by atoms with van der Waals surface area (Å²) in [5, 5.41) is 48.2. The predicted molar refractivity (Wildman–Crippen MR) is 138 cm³/mol. The molecule has 37 heavy (non-hydrogen) atoms. The van der Waals surface area contributed by atoms with Gasteiger partial charge in [0.25, 0.3) is 0 Å². The summed E-state index contributed by atoms with van der Waals surface area (Å²) in [6, 6.07) is 0. The van der Waals surface area contributed by atoms with Crippen LogP contribution in [-0.4, -0.2) is 80.1 Å². The molecular weight excluding hydrogens is 484 g/mol. The van der Waals surface area contributed by atoms with Crippen LogP contribution < -0.4 is 0 Å². The zero-order valence-electron chi connectivity index (χ0n) is 23.2. The fraction of sp³-hybridized carbons (Fsp3) is 0.889. The Hall–Kier alpha value is -1.59. The van der Waals surface area contributed by atoms with Gasteiger partial charge in [-0.2, -0.15) is 0 Å². The van der Waals surface area contributed by atoms with Gasteiger partial charge in [0.05, 0.1) is 6.10 Å². The number of hydrogen-bond acceptors (Lipinski definition) is 8. The van der Waals surface area contributed by atoms with E-state index in [0.29, 0.717) is 12.8 Å². The predicted octanol–water partition coefficient (Wildman–Crippen LogP) is 3.53. The third-order valence-corrected chi connectivity index (χ3v) is 6.73. The number of carbonyl (C=O) groups is 3. The van der Waals surface area contributed by atoms with Crippen LogP contribution in [0.1, 0.15) is 105 Å². The van der Waals surface area contributed by atoms with Gasteiger partial charge in [0.1, 0.15) is 24.1 Å². The Bertz CT molecular complexity index is 655. The Labute approximate surface area is 221 Å². The van der Waals surface area contributed by atoms with Gasteiger partial charge in [-0.25, -0.2) is 4.79 Å². The molecule has 1 aliphatic heterocycles. The minimum Gasteiger partial charge on any atom is -0.481 e. The van der Waals surface area contributed by atoms with Crippen molar-refractivity contribution >= 4 is 17.7 Å². The van der Waals surface area contributed by atoms with Gasteiger partial charge in [0, 0.05) is 18.8 Å². The van der Waals surface area contributed by atoms with Crippen LogP contribution in [0.25, 0.3) is 0 Å². The van der Waals surface area contributed by atoms with Gasteiger partial charge in [-0.3, -0.25) is 9.59 Å². The van der Waals surface area contributed by atoms with Crippen molar-refractivity contribution in [2.24, 2.45) is 11.8 Å². The summed E-state index contributed by atoms with van der Waals surface area (Å²) in [6.07, 6.45) is -1.40. The number of carboxylic acid groups (broad SMARTS) is 2. The number of ketones is 1. The summed E-state index contributed by atoms with van der Waals surface area (Å²) >= 11 is 0. The molecule has 218 valence electrons. The first-order valence-corrected chi connectivity index (χ1v) is 14.0. The van der Waals surface area contributed by atoms with Gasteiger partial charge < -0.3 is 35.0 Å². The van der Waals surface area contributed by atoms with Crippen LogP contribution in [0.4, 0.5) is 0 Å². The highest BCUT2D eigenvalue weighted by Gasteiger charge is 2.50. The molecule has 0 radical (unpaired) electrons. The maximum Gasteiger partial charge on any atom is 0.335 e. The molecule has 1 saturated heterocycles. The van der Waals surface area contributed by atoms with Crippen LogP contribution in [0.3, 0.4) is 0 Å². The molecular formula is C27H50O10. The van der Waals surface area contributed by atoms with E-state index in [-0.39, 0.29) is 30.5 Å². The zero-order valence-corrected chi connectivity index (χ0v) is 23.2. The van der Waals surface area contributed by atoms with Crippen molar-refractivity contribution in [3.8, 4) is 0 Å². The Morgan fingerprint density at radius 1 is 0.865 bits per heavy atom. The molecule has 0 amide bonds. The Morgan fingerprint density at radius 3 is 2.03 bits per heavy atom. The third-order valence-electron chi connectivity index (χ3n) is 6.73. The molecule has 0 aromatic heterocycles. The lowest BCUT2D eigenvalue weighted by molar-refractivity contribution is -0.307. The standard InChI is InChI=1S/C23H38O10.2C2H6/c1-2-3-6-10-14-13(9-7-4-5-8-11-17(25)26)15(24)12-16(14)32-23-20(29)18(27)19(28)21(33-23)22(30)31;2*1-2/h13-14,16,18-21,23,27-29H,2-12H2,1H3,(H,25,26)(H,30,31);2*1-2H3/t13?,14?,16?,18-,19-,20+,21-,23?;;/m0../s1. The summed E-state index contributed by atoms with van der Waals surface area (Å²) in [4.78, 5) is 34.8. The first-order chi connectivity index (χ1) is 17.7. The Morgan fingerprint density at radius 2 is 1.46 bits per heavy atom. The summed E-state index contributed by atoms with van der Waals surface area (Å²) in [6.45, 7) is 10.1. The zero-order chi connectivity index (χ0) is 28.5. The van der Waals surface area contributed by atoms with Gasteiger partial charge in [-0.15, -0.1) is 0 Å². The molecule has 0 bridgehead atoms. The van der Waals surface area contributed by atoms with Crippen LogP contribution in [0.5, 0.6) is 0 Å². The number of carboxylic acids is 2. The number of hydrogen-bond donors (Lipinski definition) is 5. The summed E-state index contributed by atoms with van der Waals surface area (Å²) in [7, 11) is 0. The Balaban J connectivity index is 0.00000308. The molecule has 10 nitrogen and oxygen atoms in total. The summed E-state index contributed by atoms with van der Waals surface area (Å²) < 4.78 is 11.1. The summed E-state index contributed by atoms with van der Waals surface area (Å²) in [5.74, 6) is -2.59. The van der Waals surface area contributed by atoms with E-state index in [1.807, 2.05) is 27.7 Å². The summed E-state index contributed by atoms with van der Waals surface area (Å²) in [5.41, 5.74) is 0. The number of carbonyl (C=O) groups excluding carboxylic acids is 1. The molecule has 10 heteroatoms. The topological polar surface area (TPSA) is 171 Å². The van der Waals surface area contributed by atoms with E-state index in [1.165, 1.54) is 0 Å². The van der Waals surface area contributed by atoms with Gasteiger partial charge in [0.2, 0.25) is 0 Å². The van der Waals surface area contributed by atoms with E-state index >= 15 is 0 Å². The fourth-order valence-corrected chi connectivity index (χ4v) is 4.87. The van der Waals surface area contributed by atoms with Crippen LogP contribution in [-0.2, 0) is 23.9 Å². The lowest BCUT2D eigenvalue weighted by Crippen LogP contribution is -2.61. The second-order valence-corrected chi connectivity index (χ2v) is 9.19. The van der Waals surface area contributed by atoms with Crippen molar-refractivity contribution in [1.82, 2.24) is 0 Å². The van der Waals surface area contributed by atoms with Crippen LogP contribution in [0.15, 0.2) is 0 Å².